The van der Waals surface area contributed by atoms with Crippen molar-refractivity contribution in [2.45, 2.75) is 0 Å². The molecule has 2 rings (SSSR count). The lowest BCUT2D eigenvalue weighted by atomic mass is 10.1. The summed E-state index contributed by atoms with van der Waals surface area (Å²) in [6.45, 7) is -0.278. The lowest BCUT2D eigenvalue weighted by Crippen LogP contribution is -2.14. The van der Waals surface area contributed by atoms with Gasteiger partial charge in [-0.3, -0.25) is 4.79 Å². The fraction of sp³-hybridized carbons (Fsp3) is 0.0714. The van der Waals surface area contributed by atoms with E-state index in [0.29, 0.717) is 5.56 Å². The number of pyridine rings is 1. The second kappa shape index (κ2) is 5.72. The zero-order valence-corrected chi connectivity index (χ0v) is 9.58. The fourth-order valence-corrected chi connectivity index (χ4v) is 1.40. The number of carbonyl (C=O) groups is 2. The van der Waals surface area contributed by atoms with E-state index >= 15 is 0 Å². The molecule has 0 fully saturated rings. The normalized spacial score (nSPS) is 9.78. The summed E-state index contributed by atoms with van der Waals surface area (Å²) in [4.78, 5) is 27.1. The highest BCUT2D eigenvalue weighted by Crippen LogP contribution is 2.02. The fourth-order valence-electron chi connectivity index (χ4n) is 1.40. The van der Waals surface area contributed by atoms with E-state index in [-0.39, 0.29) is 18.1 Å². The molecule has 4 nitrogen and oxygen atoms in total. The van der Waals surface area contributed by atoms with E-state index in [0.717, 1.165) is 0 Å². The van der Waals surface area contributed by atoms with Crippen LogP contribution in [0.2, 0.25) is 0 Å². The van der Waals surface area contributed by atoms with Crippen LogP contribution < -0.4 is 0 Å². The smallest absolute Gasteiger partial charge is 0.357 e. The molecule has 90 valence electrons. The molecule has 1 aromatic carbocycles. The molecule has 0 saturated carbocycles. The molecular formula is C14H11NO3. The Labute approximate surface area is 104 Å². The average molecular weight is 241 g/mol. The van der Waals surface area contributed by atoms with Gasteiger partial charge >= 0.3 is 5.97 Å². The second-order valence-electron chi connectivity index (χ2n) is 3.58. The van der Waals surface area contributed by atoms with Crippen molar-refractivity contribution in [3.63, 3.8) is 0 Å². The van der Waals surface area contributed by atoms with Gasteiger partial charge in [0.25, 0.3) is 0 Å². The summed E-state index contributed by atoms with van der Waals surface area (Å²) in [6.07, 6.45) is 1.50. The van der Waals surface area contributed by atoms with Gasteiger partial charge in [-0.15, -0.1) is 0 Å². The predicted molar refractivity (Wildman–Crippen MR) is 65.3 cm³/mol. The molecule has 1 heterocycles. The van der Waals surface area contributed by atoms with E-state index in [1.165, 1.54) is 12.3 Å². The SMILES string of the molecule is O=C(COC(=O)c1ccccn1)c1ccccc1. The first kappa shape index (κ1) is 12.0. The van der Waals surface area contributed by atoms with E-state index in [1.807, 2.05) is 6.07 Å². The Hall–Kier alpha value is -2.49. The Morgan fingerprint density at radius 1 is 1.00 bits per heavy atom. The molecular weight excluding hydrogens is 230 g/mol. The number of ketones is 1. The van der Waals surface area contributed by atoms with Gasteiger partial charge in [0, 0.05) is 11.8 Å². The van der Waals surface area contributed by atoms with Crippen LogP contribution in [0.3, 0.4) is 0 Å². The molecule has 4 heteroatoms. The van der Waals surface area contributed by atoms with Crippen LogP contribution in [0.5, 0.6) is 0 Å². The molecule has 0 aliphatic carbocycles. The van der Waals surface area contributed by atoms with E-state index in [9.17, 15) is 9.59 Å². The highest BCUT2D eigenvalue weighted by Gasteiger charge is 2.11. The largest absolute Gasteiger partial charge is 0.453 e. The van der Waals surface area contributed by atoms with E-state index in [2.05, 4.69) is 4.98 Å². The third-order valence-electron chi connectivity index (χ3n) is 2.30. The number of hydrogen-bond acceptors (Lipinski definition) is 4. The summed E-state index contributed by atoms with van der Waals surface area (Å²) < 4.78 is 4.89. The second-order valence-corrected chi connectivity index (χ2v) is 3.58. The lowest BCUT2D eigenvalue weighted by Gasteiger charge is -2.03. The number of rotatable bonds is 4. The van der Waals surface area contributed by atoms with Crippen molar-refractivity contribution >= 4 is 11.8 Å². The molecule has 0 aliphatic heterocycles. The van der Waals surface area contributed by atoms with Crippen LogP contribution >= 0.6 is 0 Å². The first-order valence-corrected chi connectivity index (χ1v) is 5.44. The number of nitrogens with zero attached hydrogens (tertiary/aromatic N) is 1. The van der Waals surface area contributed by atoms with Crippen molar-refractivity contribution in [3.8, 4) is 0 Å². The molecule has 0 saturated heterocycles. The molecule has 0 atom stereocenters. The molecule has 0 N–H and O–H groups in total. The highest BCUT2D eigenvalue weighted by molar-refractivity contribution is 5.98. The Kier molecular flexibility index (Phi) is 3.81. The van der Waals surface area contributed by atoms with Crippen molar-refractivity contribution in [2.24, 2.45) is 0 Å². The Morgan fingerprint density at radius 2 is 1.72 bits per heavy atom. The van der Waals surface area contributed by atoms with E-state index in [4.69, 9.17) is 4.74 Å². The van der Waals surface area contributed by atoms with Gasteiger partial charge in [-0.25, -0.2) is 9.78 Å². The minimum absolute atomic E-state index is 0.193. The van der Waals surface area contributed by atoms with Crippen molar-refractivity contribution in [2.75, 3.05) is 6.61 Å². The quantitative estimate of drug-likeness (QED) is 0.607. The van der Waals surface area contributed by atoms with Gasteiger partial charge in [-0.1, -0.05) is 36.4 Å². The van der Waals surface area contributed by atoms with Gasteiger partial charge in [0.1, 0.15) is 5.69 Å². The summed E-state index contributed by atoms with van der Waals surface area (Å²) in [7, 11) is 0. The number of aromatic nitrogens is 1. The number of ether oxygens (including phenoxy) is 1. The Bertz CT molecular complexity index is 486. The average Bonchev–Trinajstić information content (AvgIpc) is 2.46. The van der Waals surface area contributed by atoms with E-state index in [1.54, 1.807) is 36.4 Å². The molecule has 2 aromatic rings. The lowest BCUT2D eigenvalue weighted by molar-refractivity contribution is 0.0469. The number of carbonyl (C=O) groups excluding carboxylic acids is 2. The topological polar surface area (TPSA) is 56.3 Å². The first-order chi connectivity index (χ1) is 8.77. The number of hydrogen-bond donors (Lipinski definition) is 0. The minimum atomic E-state index is -0.597. The zero-order chi connectivity index (χ0) is 12.8. The first-order valence-electron chi connectivity index (χ1n) is 5.44. The molecule has 1 aromatic heterocycles. The highest BCUT2D eigenvalue weighted by atomic mass is 16.5. The third kappa shape index (κ3) is 3.01. The monoisotopic (exact) mass is 241 g/mol. The minimum Gasteiger partial charge on any atom is -0.453 e. The molecule has 0 spiro atoms. The van der Waals surface area contributed by atoms with Crippen LogP contribution in [0.15, 0.2) is 54.7 Å². The maximum Gasteiger partial charge on any atom is 0.357 e. The zero-order valence-electron chi connectivity index (χ0n) is 9.58. The van der Waals surface area contributed by atoms with Gasteiger partial charge in [0.05, 0.1) is 0 Å². The van der Waals surface area contributed by atoms with Gasteiger partial charge < -0.3 is 4.74 Å². The van der Waals surface area contributed by atoms with Crippen LogP contribution in [0.4, 0.5) is 0 Å². The Morgan fingerprint density at radius 3 is 2.39 bits per heavy atom. The van der Waals surface area contributed by atoms with Crippen molar-refractivity contribution in [1.82, 2.24) is 4.98 Å². The molecule has 0 radical (unpaired) electrons. The molecule has 0 amide bonds. The molecule has 0 aliphatic rings. The molecule has 0 unspecified atom stereocenters. The van der Waals surface area contributed by atoms with Crippen LogP contribution in [-0.2, 0) is 4.74 Å². The van der Waals surface area contributed by atoms with Gasteiger partial charge in [-0.05, 0) is 12.1 Å². The Balaban J connectivity index is 1.93. The number of esters is 1. The van der Waals surface area contributed by atoms with Crippen molar-refractivity contribution < 1.29 is 14.3 Å². The summed E-state index contributed by atoms with van der Waals surface area (Å²) in [5, 5.41) is 0. The van der Waals surface area contributed by atoms with Gasteiger partial charge in [0.15, 0.2) is 12.4 Å². The standard InChI is InChI=1S/C14H11NO3/c16-13(11-6-2-1-3-7-11)10-18-14(17)12-8-4-5-9-15-12/h1-9H,10H2. The van der Waals surface area contributed by atoms with E-state index < -0.39 is 5.97 Å². The van der Waals surface area contributed by atoms with Crippen molar-refractivity contribution in [1.29, 1.82) is 0 Å². The number of Topliss-reactive ketones (excluding diaryl/α,β-unsaturated/α-hetero) is 1. The maximum atomic E-state index is 11.7. The van der Waals surface area contributed by atoms with Crippen LogP contribution in [0.25, 0.3) is 0 Å². The van der Waals surface area contributed by atoms with Crippen LogP contribution in [-0.4, -0.2) is 23.3 Å². The molecule has 18 heavy (non-hydrogen) atoms. The van der Waals surface area contributed by atoms with Crippen molar-refractivity contribution in [3.05, 3.63) is 66.0 Å². The third-order valence-corrected chi connectivity index (χ3v) is 2.30. The summed E-state index contributed by atoms with van der Waals surface area (Å²) in [5.74, 6) is -0.834. The summed E-state index contributed by atoms with van der Waals surface area (Å²) >= 11 is 0. The maximum absolute atomic E-state index is 11.7. The van der Waals surface area contributed by atoms with Gasteiger partial charge in [0.2, 0.25) is 0 Å². The summed E-state index contributed by atoms with van der Waals surface area (Å²) in [5.41, 5.74) is 0.713. The molecule has 0 bridgehead atoms. The number of benzene rings is 1. The predicted octanol–water partition coefficient (Wildman–Crippen LogP) is 2.12. The summed E-state index contributed by atoms with van der Waals surface area (Å²) in [6, 6.07) is 13.6. The van der Waals surface area contributed by atoms with Gasteiger partial charge in [-0.2, -0.15) is 0 Å². The van der Waals surface area contributed by atoms with Crippen LogP contribution in [0, 0.1) is 0 Å². The van der Waals surface area contributed by atoms with Crippen LogP contribution in [0.1, 0.15) is 20.8 Å².